The van der Waals surface area contributed by atoms with Gasteiger partial charge in [0.15, 0.2) is 0 Å². The van der Waals surface area contributed by atoms with E-state index >= 15 is 0 Å². The van der Waals surface area contributed by atoms with Gasteiger partial charge in [-0.1, -0.05) is 19.3 Å². The molecule has 0 amide bonds. The summed E-state index contributed by atoms with van der Waals surface area (Å²) in [5.74, 6) is 0.783. The number of hydrogen-bond donors (Lipinski definition) is 0. The molecule has 1 aliphatic rings. The van der Waals surface area contributed by atoms with Crippen LogP contribution in [0.15, 0.2) is 12.1 Å². The molecule has 100 valence electrons. The molecule has 0 spiro atoms. The topological polar surface area (TPSA) is 22.1 Å². The fraction of sp³-hybridized carbons (Fsp3) is 0.688. The van der Waals surface area contributed by atoms with Gasteiger partial charge in [0.05, 0.1) is 12.7 Å². The summed E-state index contributed by atoms with van der Waals surface area (Å²) in [6.07, 6.45) is 7.07. The van der Waals surface area contributed by atoms with Crippen molar-refractivity contribution in [1.82, 2.24) is 4.98 Å². The average Bonchev–Trinajstić information content (AvgIpc) is 2.36. The molecule has 1 aliphatic carbocycles. The van der Waals surface area contributed by atoms with Gasteiger partial charge < -0.3 is 4.74 Å². The summed E-state index contributed by atoms with van der Waals surface area (Å²) in [4.78, 5) is 4.41. The van der Waals surface area contributed by atoms with Crippen molar-refractivity contribution >= 4 is 0 Å². The number of aryl methyl sites for hydroxylation is 2. The van der Waals surface area contributed by atoms with E-state index in [0.29, 0.717) is 0 Å². The molecule has 1 aromatic heterocycles. The maximum absolute atomic E-state index is 6.05. The minimum Gasteiger partial charge on any atom is -0.374 e. The van der Waals surface area contributed by atoms with E-state index < -0.39 is 0 Å². The van der Waals surface area contributed by atoms with E-state index in [4.69, 9.17) is 4.74 Å². The highest BCUT2D eigenvalue weighted by atomic mass is 16.5. The molecular weight excluding hydrogens is 222 g/mol. The molecular formula is C16H25NO. The van der Waals surface area contributed by atoms with Crippen LogP contribution in [0, 0.1) is 19.8 Å². The van der Waals surface area contributed by atoms with Gasteiger partial charge in [-0.3, -0.25) is 4.98 Å². The van der Waals surface area contributed by atoms with Crippen molar-refractivity contribution in [3.63, 3.8) is 0 Å². The largest absolute Gasteiger partial charge is 0.374 e. The van der Waals surface area contributed by atoms with Crippen molar-refractivity contribution in [1.29, 1.82) is 0 Å². The summed E-state index contributed by atoms with van der Waals surface area (Å²) in [7, 11) is 0. The van der Waals surface area contributed by atoms with Crippen molar-refractivity contribution < 1.29 is 4.74 Å². The molecule has 0 radical (unpaired) electrons. The number of ether oxygens (including phenoxy) is 1. The van der Waals surface area contributed by atoms with Crippen LogP contribution in [0.1, 0.15) is 62.1 Å². The minimum atomic E-state index is 0.187. The molecule has 0 aromatic carbocycles. The van der Waals surface area contributed by atoms with E-state index in [2.05, 4.69) is 24.0 Å². The summed E-state index contributed by atoms with van der Waals surface area (Å²) < 4.78 is 6.05. The first-order chi connectivity index (χ1) is 8.65. The summed E-state index contributed by atoms with van der Waals surface area (Å²) in [5.41, 5.74) is 3.42. The van der Waals surface area contributed by atoms with Crippen molar-refractivity contribution in [2.45, 2.75) is 59.0 Å². The highest BCUT2D eigenvalue weighted by Gasteiger charge is 2.15. The molecule has 18 heavy (non-hydrogen) atoms. The monoisotopic (exact) mass is 247 g/mol. The third kappa shape index (κ3) is 3.81. The lowest BCUT2D eigenvalue weighted by Crippen LogP contribution is -2.15. The van der Waals surface area contributed by atoms with E-state index in [-0.39, 0.29) is 6.10 Å². The van der Waals surface area contributed by atoms with Crippen molar-refractivity contribution in [2.75, 3.05) is 6.61 Å². The van der Waals surface area contributed by atoms with Crippen LogP contribution in [-0.2, 0) is 4.74 Å². The molecule has 0 aliphatic heterocycles. The summed E-state index contributed by atoms with van der Waals surface area (Å²) in [5, 5.41) is 0. The Labute approximate surface area is 111 Å². The average molecular weight is 247 g/mol. The molecule has 2 nitrogen and oxygen atoms in total. The molecule has 2 rings (SSSR count). The number of pyridine rings is 1. The Bertz CT molecular complexity index is 362. The van der Waals surface area contributed by atoms with Crippen LogP contribution in [0.2, 0.25) is 0 Å². The van der Waals surface area contributed by atoms with Crippen LogP contribution >= 0.6 is 0 Å². The predicted octanol–water partition coefficient (Wildman–Crippen LogP) is 4.36. The van der Waals surface area contributed by atoms with Crippen LogP contribution < -0.4 is 0 Å². The van der Waals surface area contributed by atoms with E-state index in [1.165, 1.54) is 37.7 Å². The van der Waals surface area contributed by atoms with E-state index in [1.54, 1.807) is 0 Å². The first-order valence-corrected chi connectivity index (χ1v) is 7.22. The first-order valence-electron chi connectivity index (χ1n) is 7.22. The Balaban J connectivity index is 1.88. The minimum absolute atomic E-state index is 0.187. The van der Waals surface area contributed by atoms with Gasteiger partial charge in [0.25, 0.3) is 0 Å². The van der Waals surface area contributed by atoms with Crippen LogP contribution in [0.25, 0.3) is 0 Å². The summed E-state index contributed by atoms with van der Waals surface area (Å²) in [6, 6.07) is 4.27. The van der Waals surface area contributed by atoms with Crippen molar-refractivity contribution in [3.05, 3.63) is 29.1 Å². The second kappa shape index (κ2) is 6.33. The lowest BCUT2D eigenvalue weighted by Gasteiger charge is -2.23. The van der Waals surface area contributed by atoms with Gasteiger partial charge in [0.1, 0.15) is 0 Å². The van der Waals surface area contributed by atoms with Gasteiger partial charge in [0, 0.05) is 11.4 Å². The number of aromatic nitrogens is 1. The number of nitrogens with zero attached hydrogens (tertiary/aromatic N) is 1. The maximum atomic E-state index is 6.05. The second-order valence-electron chi connectivity index (χ2n) is 5.66. The zero-order chi connectivity index (χ0) is 13.0. The van der Waals surface area contributed by atoms with Gasteiger partial charge >= 0.3 is 0 Å². The second-order valence-corrected chi connectivity index (χ2v) is 5.66. The smallest absolute Gasteiger partial charge is 0.0798 e. The predicted molar refractivity (Wildman–Crippen MR) is 74.7 cm³/mol. The molecule has 2 heteroatoms. The van der Waals surface area contributed by atoms with E-state index in [0.717, 1.165) is 23.9 Å². The molecule has 1 heterocycles. The van der Waals surface area contributed by atoms with Gasteiger partial charge in [0.2, 0.25) is 0 Å². The standard InChI is InChI=1S/C16H25NO/c1-12-9-16(10-13(2)17-12)14(3)18-11-15-7-5-4-6-8-15/h9-10,14-15H,4-8,11H2,1-3H3. The molecule has 1 saturated carbocycles. The Hall–Kier alpha value is -0.890. The fourth-order valence-corrected chi connectivity index (χ4v) is 2.83. The molecule has 0 bridgehead atoms. The lowest BCUT2D eigenvalue weighted by molar-refractivity contribution is 0.0301. The van der Waals surface area contributed by atoms with Crippen molar-refractivity contribution in [3.8, 4) is 0 Å². The van der Waals surface area contributed by atoms with Crippen LogP contribution in [0.3, 0.4) is 0 Å². The van der Waals surface area contributed by atoms with Crippen LogP contribution in [-0.4, -0.2) is 11.6 Å². The molecule has 0 saturated heterocycles. The van der Waals surface area contributed by atoms with Gasteiger partial charge in [-0.05, 0) is 57.2 Å². The Morgan fingerprint density at radius 3 is 2.39 bits per heavy atom. The first kappa shape index (κ1) is 13.5. The maximum Gasteiger partial charge on any atom is 0.0798 e. The summed E-state index contributed by atoms with van der Waals surface area (Å²) in [6.45, 7) is 7.16. The van der Waals surface area contributed by atoms with Gasteiger partial charge in [-0.2, -0.15) is 0 Å². The van der Waals surface area contributed by atoms with Crippen molar-refractivity contribution in [2.24, 2.45) is 5.92 Å². The third-order valence-corrected chi connectivity index (χ3v) is 3.88. The number of hydrogen-bond acceptors (Lipinski definition) is 2. The fourth-order valence-electron chi connectivity index (χ4n) is 2.83. The highest BCUT2D eigenvalue weighted by molar-refractivity contribution is 5.22. The Morgan fingerprint density at radius 1 is 1.17 bits per heavy atom. The Kier molecular flexibility index (Phi) is 4.76. The highest BCUT2D eigenvalue weighted by Crippen LogP contribution is 2.26. The van der Waals surface area contributed by atoms with Gasteiger partial charge in [-0.15, -0.1) is 0 Å². The summed E-state index contributed by atoms with van der Waals surface area (Å²) >= 11 is 0. The zero-order valence-electron chi connectivity index (χ0n) is 11.9. The third-order valence-electron chi connectivity index (χ3n) is 3.88. The SMILES string of the molecule is Cc1cc(C(C)OCC2CCCCC2)cc(C)n1. The number of rotatable bonds is 4. The quantitative estimate of drug-likeness (QED) is 0.789. The Morgan fingerprint density at radius 2 is 1.78 bits per heavy atom. The molecule has 1 aromatic rings. The van der Waals surface area contributed by atoms with E-state index in [9.17, 15) is 0 Å². The van der Waals surface area contributed by atoms with E-state index in [1.807, 2.05) is 13.8 Å². The van der Waals surface area contributed by atoms with Crippen LogP contribution in [0.4, 0.5) is 0 Å². The zero-order valence-corrected chi connectivity index (χ0v) is 11.9. The van der Waals surface area contributed by atoms with Crippen LogP contribution in [0.5, 0.6) is 0 Å². The molecule has 1 unspecified atom stereocenters. The molecule has 0 N–H and O–H groups in total. The normalized spacial score (nSPS) is 18.8. The lowest BCUT2D eigenvalue weighted by atomic mass is 9.90. The molecule has 1 atom stereocenters. The molecule has 1 fully saturated rings. The van der Waals surface area contributed by atoms with Gasteiger partial charge in [-0.25, -0.2) is 0 Å².